The standard InChI is InChI=1S/C10H8N2O4/c1-7(6-11)16-10(13)8-3-2-4-9(5-8)12(14)15/h2-5,7H,1H3. The van der Waals surface area contributed by atoms with E-state index in [1.54, 1.807) is 6.07 Å². The highest BCUT2D eigenvalue weighted by Gasteiger charge is 2.14. The summed E-state index contributed by atoms with van der Waals surface area (Å²) in [5, 5.41) is 18.9. The van der Waals surface area contributed by atoms with E-state index in [2.05, 4.69) is 0 Å². The van der Waals surface area contributed by atoms with Gasteiger partial charge in [0.15, 0.2) is 6.10 Å². The lowest BCUT2D eigenvalue weighted by atomic mass is 10.2. The lowest BCUT2D eigenvalue weighted by molar-refractivity contribution is -0.384. The van der Waals surface area contributed by atoms with Gasteiger partial charge in [0.2, 0.25) is 0 Å². The first kappa shape index (κ1) is 11.7. The lowest BCUT2D eigenvalue weighted by Crippen LogP contribution is -2.13. The number of ether oxygens (including phenoxy) is 1. The number of hydrogen-bond donors (Lipinski definition) is 0. The van der Waals surface area contributed by atoms with Crippen LogP contribution in [0.25, 0.3) is 0 Å². The van der Waals surface area contributed by atoms with Crippen LogP contribution in [0.1, 0.15) is 17.3 Å². The average molecular weight is 220 g/mol. The van der Waals surface area contributed by atoms with E-state index in [0.717, 1.165) is 6.07 Å². The van der Waals surface area contributed by atoms with Gasteiger partial charge >= 0.3 is 5.97 Å². The molecule has 0 aliphatic carbocycles. The third kappa shape index (κ3) is 2.78. The van der Waals surface area contributed by atoms with Crippen molar-refractivity contribution in [3.05, 3.63) is 39.9 Å². The second kappa shape index (κ2) is 4.89. The molecule has 0 aliphatic heterocycles. The van der Waals surface area contributed by atoms with Gasteiger partial charge in [-0.3, -0.25) is 10.1 Å². The molecule has 0 bridgehead atoms. The highest BCUT2D eigenvalue weighted by Crippen LogP contribution is 2.14. The molecule has 0 spiro atoms. The maximum atomic E-state index is 11.4. The van der Waals surface area contributed by atoms with E-state index in [4.69, 9.17) is 10.00 Å². The van der Waals surface area contributed by atoms with Gasteiger partial charge in [-0.1, -0.05) is 6.07 Å². The number of nitriles is 1. The zero-order chi connectivity index (χ0) is 12.1. The van der Waals surface area contributed by atoms with E-state index in [1.165, 1.54) is 25.1 Å². The maximum absolute atomic E-state index is 11.4. The van der Waals surface area contributed by atoms with Crippen molar-refractivity contribution >= 4 is 11.7 Å². The smallest absolute Gasteiger partial charge is 0.339 e. The topological polar surface area (TPSA) is 93.2 Å². The third-order valence-corrected chi connectivity index (χ3v) is 1.76. The molecule has 0 radical (unpaired) electrons. The Labute approximate surface area is 91.2 Å². The van der Waals surface area contributed by atoms with Crippen LogP contribution in [0.4, 0.5) is 5.69 Å². The summed E-state index contributed by atoms with van der Waals surface area (Å²) in [6.07, 6.45) is -0.883. The number of nitrogens with zero attached hydrogens (tertiary/aromatic N) is 2. The van der Waals surface area contributed by atoms with E-state index in [9.17, 15) is 14.9 Å². The highest BCUT2D eigenvalue weighted by atomic mass is 16.6. The van der Waals surface area contributed by atoms with Crippen LogP contribution >= 0.6 is 0 Å². The average Bonchev–Trinajstić information content (AvgIpc) is 2.28. The molecule has 0 N–H and O–H groups in total. The number of non-ortho nitro benzene ring substituents is 1. The number of rotatable bonds is 3. The van der Waals surface area contributed by atoms with Gasteiger partial charge in [-0.2, -0.15) is 5.26 Å². The van der Waals surface area contributed by atoms with Crippen molar-refractivity contribution in [3.63, 3.8) is 0 Å². The summed E-state index contributed by atoms with van der Waals surface area (Å²) in [6, 6.07) is 6.87. The molecule has 6 heteroatoms. The number of benzene rings is 1. The molecule has 1 aromatic rings. The predicted molar refractivity (Wildman–Crippen MR) is 53.6 cm³/mol. The summed E-state index contributed by atoms with van der Waals surface area (Å²) in [4.78, 5) is 21.2. The Morgan fingerprint density at radius 2 is 2.31 bits per heavy atom. The van der Waals surface area contributed by atoms with Gasteiger partial charge in [0.25, 0.3) is 5.69 Å². The van der Waals surface area contributed by atoms with E-state index < -0.39 is 17.0 Å². The van der Waals surface area contributed by atoms with Crippen LogP contribution in [-0.2, 0) is 4.74 Å². The molecular formula is C10H8N2O4. The Morgan fingerprint density at radius 1 is 1.62 bits per heavy atom. The summed E-state index contributed by atoms with van der Waals surface area (Å²) in [7, 11) is 0. The molecule has 0 fully saturated rings. The number of hydrogen-bond acceptors (Lipinski definition) is 5. The van der Waals surface area contributed by atoms with Gasteiger partial charge in [0.05, 0.1) is 10.5 Å². The molecule has 82 valence electrons. The maximum Gasteiger partial charge on any atom is 0.339 e. The van der Waals surface area contributed by atoms with Crippen LogP contribution < -0.4 is 0 Å². The lowest BCUT2D eigenvalue weighted by Gasteiger charge is -2.05. The molecule has 0 saturated carbocycles. The highest BCUT2D eigenvalue weighted by molar-refractivity contribution is 5.90. The van der Waals surface area contributed by atoms with Crippen LogP contribution in [0.3, 0.4) is 0 Å². The molecule has 1 rings (SSSR count). The van der Waals surface area contributed by atoms with E-state index in [0.29, 0.717) is 0 Å². The minimum absolute atomic E-state index is 0.0521. The van der Waals surface area contributed by atoms with Crippen LogP contribution in [0.2, 0.25) is 0 Å². The Morgan fingerprint density at radius 3 is 2.88 bits per heavy atom. The number of carbonyl (C=O) groups is 1. The minimum Gasteiger partial charge on any atom is -0.444 e. The van der Waals surface area contributed by atoms with Gasteiger partial charge in [-0.05, 0) is 13.0 Å². The van der Waals surface area contributed by atoms with E-state index in [-0.39, 0.29) is 11.3 Å². The Bertz CT molecular complexity index is 464. The summed E-state index contributed by atoms with van der Waals surface area (Å²) in [5.41, 5.74) is -0.143. The quantitative estimate of drug-likeness (QED) is 0.438. The van der Waals surface area contributed by atoms with Gasteiger partial charge in [0, 0.05) is 12.1 Å². The summed E-state index contributed by atoms with van der Waals surface area (Å²) >= 11 is 0. The first-order valence-electron chi connectivity index (χ1n) is 4.39. The molecule has 0 saturated heterocycles. The molecule has 0 aliphatic rings. The number of nitro groups is 1. The van der Waals surface area contributed by atoms with Gasteiger partial charge in [-0.15, -0.1) is 0 Å². The van der Waals surface area contributed by atoms with Crippen molar-refractivity contribution in [2.45, 2.75) is 13.0 Å². The molecule has 0 heterocycles. The third-order valence-electron chi connectivity index (χ3n) is 1.76. The number of nitro benzene ring substituents is 1. The summed E-state index contributed by atoms with van der Waals surface area (Å²) in [6.45, 7) is 1.41. The fraction of sp³-hybridized carbons (Fsp3) is 0.200. The van der Waals surface area contributed by atoms with Gasteiger partial charge in [0.1, 0.15) is 6.07 Å². The predicted octanol–water partition coefficient (Wildman–Crippen LogP) is 1.66. The number of esters is 1. The normalized spacial score (nSPS) is 11.2. The van der Waals surface area contributed by atoms with Crippen molar-refractivity contribution in [1.29, 1.82) is 5.26 Å². The second-order valence-electron chi connectivity index (χ2n) is 2.98. The van der Waals surface area contributed by atoms with Crippen LogP contribution in [-0.4, -0.2) is 17.0 Å². The van der Waals surface area contributed by atoms with Crippen molar-refractivity contribution in [3.8, 4) is 6.07 Å². The Balaban J connectivity index is 2.89. The monoisotopic (exact) mass is 220 g/mol. The van der Waals surface area contributed by atoms with Gasteiger partial charge in [-0.25, -0.2) is 4.79 Å². The SMILES string of the molecule is CC(C#N)OC(=O)c1cccc([N+](=O)[O-])c1. The van der Waals surface area contributed by atoms with Crippen molar-refractivity contribution in [2.75, 3.05) is 0 Å². The molecule has 1 atom stereocenters. The molecule has 1 aromatic carbocycles. The molecule has 1 unspecified atom stereocenters. The fourth-order valence-electron chi connectivity index (χ4n) is 1.00. The summed E-state index contributed by atoms with van der Waals surface area (Å²) in [5.74, 6) is -0.752. The zero-order valence-electron chi connectivity index (χ0n) is 8.41. The molecule has 6 nitrogen and oxygen atoms in total. The first-order valence-corrected chi connectivity index (χ1v) is 4.39. The fourth-order valence-corrected chi connectivity index (χ4v) is 1.00. The first-order chi connectivity index (χ1) is 7.54. The zero-order valence-corrected chi connectivity index (χ0v) is 8.41. The molecule has 16 heavy (non-hydrogen) atoms. The van der Waals surface area contributed by atoms with Crippen molar-refractivity contribution in [2.24, 2.45) is 0 Å². The minimum atomic E-state index is -0.883. The van der Waals surface area contributed by atoms with E-state index in [1.807, 2.05) is 0 Å². The van der Waals surface area contributed by atoms with Gasteiger partial charge < -0.3 is 4.74 Å². The van der Waals surface area contributed by atoms with Crippen LogP contribution in [0, 0.1) is 21.4 Å². The van der Waals surface area contributed by atoms with Crippen molar-refractivity contribution in [1.82, 2.24) is 0 Å². The van der Waals surface area contributed by atoms with Crippen LogP contribution in [0.15, 0.2) is 24.3 Å². The molecule has 0 amide bonds. The summed E-state index contributed by atoms with van der Waals surface area (Å²) < 4.78 is 4.70. The largest absolute Gasteiger partial charge is 0.444 e. The Kier molecular flexibility index (Phi) is 3.56. The molecule has 0 aromatic heterocycles. The second-order valence-corrected chi connectivity index (χ2v) is 2.98. The number of carbonyl (C=O) groups excluding carboxylic acids is 1. The molecular weight excluding hydrogens is 212 g/mol. The van der Waals surface area contributed by atoms with E-state index >= 15 is 0 Å². The Hall–Kier alpha value is -2.42. The van der Waals surface area contributed by atoms with Crippen LogP contribution in [0.5, 0.6) is 0 Å². The van der Waals surface area contributed by atoms with Crippen molar-refractivity contribution < 1.29 is 14.5 Å².